The van der Waals surface area contributed by atoms with Crippen LogP contribution in [-0.2, 0) is 4.79 Å². The highest BCUT2D eigenvalue weighted by Crippen LogP contribution is 2.27. The van der Waals surface area contributed by atoms with Crippen molar-refractivity contribution in [2.24, 2.45) is 0 Å². The Balaban J connectivity index is 1.73. The molecule has 0 saturated carbocycles. The minimum absolute atomic E-state index is 0.0495. The number of nitrogens with zero attached hydrogens (tertiary/aromatic N) is 1. The fraction of sp³-hybridized carbons (Fsp3) is 0.222. The average molecular weight is 343 g/mol. The van der Waals surface area contributed by atoms with Crippen LogP contribution >= 0.6 is 12.2 Å². The first-order chi connectivity index (χ1) is 11.5. The summed E-state index contributed by atoms with van der Waals surface area (Å²) in [4.78, 5) is 13.3. The number of halogens is 1. The van der Waals surface area contributed by atoms with Gasteiger partial charge in [-0.25, -0.2) is 4.39 Å². The molecule has 1 saturated heterocycles. The number of benzene rings is 2. The summed E-state index contributed by atoms with van der Waals surface area (Å²) in [7, 11) is 0. The highest BCUT2D eigenvalue weighted by molar-refractivity contribution is 7.80. The first-order valence-electron chi connectivity index (χ1n) is 7.77. The first-order valence-corrected chi connectivity index (χ1v) is 8.18. The summed E-state index contributed by atoms with van der Waals surface area (Å²) in [5.41, 5.74) is 2.93. The summed E-state index contributed by atoms with van der Waals surface area (Å²) >= 11 is 5.30. The lowest BCUT2D eigenvalue weighted by Gasteiger charge is -2.18. The lowest BCUT2D eigenvalue weighted by Crippen LogP contribution is -2.25. The van der Waals surface area contributed by atoms with Crippen LogP contribution in [0.1, 0.15) is 18.4 Å². The third-order valence-corrected chi connectivity index (χ3v) is 4.05. The molecule has 1 heterocycles. The zero-order valence-electron chi connectivity index (χ0n) is 13.3. The third-order valence-electron chi connectivity index (χ3n) is 3.84. The molecule has 2 N–H and O–H groups in total. The monoisotopic (exact) mass is 343 g/mol. The number of carbonyl (C=O) groups excluding carboxylic acids is 1. The van der Waals surface area contributed by atoms with E-state index in [2.05, 4.69) is 10.6 Å². The van der Waals surface area contributed by atoms with Gasteiger partial charge in [0.15, 0.2) is 5.11 Å². The zero-order chi connectivity index (χ0) is 17.1. The second-order valence-corrected chi connectivity index (χ2v) is 6.17. The second kappa shape index (κ2) is 6.97. The molecule has 0 atom stereocenters. The molecule has 1 amide bonds. The summed E-state index contributed by atoms with van der Waals surface area (Å²) in [6, 6.07) is 12.4. The van der Waals surface area contributed by atoms with E-state index in [0.717, 1.165) is 17.7 Å². The molecule has 2 aromatic rings. The Bertz CT molecular complexity index is 794. The van der Waals surface area contributed by atoms with E-state index in [1.165, 1.54) is 11.0 Å². The van der Waals surface area contributed by atoms with Gasteiger partial charge in [0.25, 0.3) is 0 Å². The molecule has 1 aliphatic rings. The van der Waals surface area contributed by atoms with Crippen molar-refractivity contribution in [1.29, 1.82) is 0 Å². The molecule has 0 radical (unpaired) electrons. The van der Waals surface area contributed by atoms with Crippen molar-refractivity contribution in [1.82, 2.24) is 0 Å². The number of amides is 1. The van der Waals surface area contributed by atoms with E-state index >= 15 is 0 Å². The Morgan fingerprint density at radius 1 is 1.17 bits per heavy atom. The van der Waals surface area contributed by atoms with E-state index in [9.17, 15) is 9.18 Å². The number of hydrogen-bond acceptors (Lipinski definition) is 2. The average Bonchev–Trinajstić information content (AvgIpc) is 2.95. The molecule has 24 heavy (non-hydrogen) atoms. The largest absolute Gasteiger partial charge is 0.332 e. The summed E-state index contributed by atoms with van der Waals surface area (Å²) in [6.07, 6.45) is 1.22. The van der Waals surface area contributed by atoms with Gasteiger partial charge in [-0.3, -0.25) is 4.79 Å². The topological polar surface area (TPSA) is 44.4 Å². The van der Waals surface area contributed by atoms with E-state index in [1.54, 1.807) is 12.1 Å². The number of aryl methyl sites for hydroxylation is 1. The van der Waals surface area contributed by atoms with Gasteiger partial charge in [0.1, 0.15) is 5.82 Å². The van der Waals surface area contributed by atoms with E-state index in [1.807, 2.05) is 31.2 Å². The fourth-order valence-corrected chi connectivity index (χ4v) is 2.95. The molecule has 0 aliphatic carbocycles. The lowest BCUT2D eigenvalue weighted by molar-refractivity contribution is -0.117. The number of carbonyl (C=O) groups is 1. The van der Waals surface area contributed by atoms with Gasteiger partial charge in [0.2, 0.25) is 5.91 Å². The summed E-state index contributed by atoms with van der Waals surface area (Å²) in [5, 5.41) is 6.53. The van der Waals surface area contributed by atoms with E-state index in [0.29, 0.717) is 29.5 Å². The molecule has 1 aliphatic heterocycles. The van der Waals surface area contributed by atoms with Gasteiger partial charge in [-0.1, -0.05) is 12.1 Å². The zero-order valence-corrected chi connectivity index (χ0v) is 14.1. The number of thiocarbonyl (C=S) groups is 1. The van der Waals surface area contributed by atoms with Gasteiger partial charge < -0.3 is 15.5 Å². The Morgan fingerprint density at radius 3 is 2.58 bits per heavy atom. The summed E-state index contributed by atoms with van der Waals surface area (Å²) in [6.45, 7) is 2.55. The molecular weight excluding hydrogens is 325 g/mol. The molecule has 0 aromatic heterocycles. The van der Waals surface area contributed by atoms with Gasteiger partial charge in [-0.2, -0.15) is 0 Å². The summed E-state index contributed by atoms with van der Waals surface area (Å²) < 4.78 is 14.1. The predicted octanol–water partition coefficient (Wildman–Crippen LogP) is 4.07. The van der Waals surface area contributed by atoms with Crippen molar-refractivity contribution >= 4 is 40.3 Å². The van der Waals surface area contributed by atoms with Crippen LogP contribution in [0.2, 0.25) is 0 Å². The molecule has 0 bridgehead atoms. The maximum absolute atomic E-state index is 14.1. The minimum atomic E-state index is -0.409. The smallest absolute Gasteiger partial charge is 0.227 e. The van der Waals surface area contributed by atoms with E-state index < -0.39 is 5.82 Å². The van der Waals surface area contributed by atoms with Crippen LogP contribution in [0.5, 0.6) is 0 Å². The number of anilines is 3. The van der Waals surface area contributed by atoms with Crippen molar-refractivity contribution in [3.05, 3.63) is 53.8 Å². The van der Waals surface area contributed by atoms with Crippen LogP contribution < -0.4 is 15.5 Å². The number of hydrogen-bond donors (Lipinski definition) is 2. The van der Waals surface area contributed by atoms with Gasteiger partial charge >= 0.3 is 0 Å². The number of rotatable bonds is 3. The molecule has 6 heteroatoms. The van der Waals surface area contributed by atoms with Crippen molar-refractivity contribution in [3.8, 4) is 0 Å². The van der Waals surface area contributed by atoms with Crippen LogP contribution in [0.3, 0.4) is 0 Å². The van der Waals surface area contributed by atoms with E-state index in [4.69, 9.17) is 12.2 Å². The fourth-order valence-electron chi connectivity index (χ4n) is 2.72. The van der Waals surface area contributed by atoms with E-state index in [-0.39, 0.29) is 5.91 Å². The molecule has 0 unspecified atom stereocenters. The van der Waals surface area contributed by atoms with Crippen molar-refractivity contribution < 1.29 is 9.18 Å². The molecule has 0 spiro atoms. The third kappa shape index (κ3) is 3.71. The first kappa shape index (κ1) is 16.4. The van der Waals surface area contributed by atoms with Crippen molar-refractivity contribution in [3.63, 3.8) is 0 Å². The van der Waals surface area contributed by atoms with Crippen LogP contribution in [-0.4, -0.2) is 17.6 Å². The van der Waals surface area contributed by atoms with Crippen molar-refractivity contribution in [2.75, 3.05) is 22.1 Å². The maximum atomic E-state index is 14.1. The normalized spacial score (nSPS) is 13.9. The Morgan fingerprint density at radius 2 is 1.92 bits per heavy atom. The summed E-state index contributed by atoms with van der Waals surface area (Å²) in [5.74, 6) is -0.458. The molecule has 4 nitrogen and oxygen atoms in total. The Kier molecular flexibility index (Phi) is 4.76. The minimum Gasteiger partial charge on any atom is -0.332 e. The lowest BCUT2D eigenvalue weighted by atomic mass is 10.2. The SMILES string of the molecule is Cc1cccc(NC(=S)Nc2ccc(F)c(N3CCCC3=O)c2)c1. The highest BCUT2D eigenvalue weighted by atomic mass is 32.1. The van der Waals surface area contributed by atoms with Gasteiger partial charge in [-0.15, -0.1) is 0 Å². The Hall–Kier alpha value is -2.47. The van der Waals surface area contributed by atoms with Crippen LogP contribution in [0.25, 0.3) is 0 Å². The molecule has 2 aromatic carbocycles. The van der Waals surface area contributed by atoms with Crippen LogP contribution in [0, 0.1) is 12.7 Å². The van der Waals surface area contributed by atoms with Crippen molar-refractivity contribution in [2.45, 2.75) is 19.8 Å². The van der Waals surface area contributed by atoms with Gasteiger partial charge in [0.05, 0.1) is 5.69 Å². The van der Waals surface area contributed by atoms with Gasteiger partial charge in [0, 0.05) is 24.3 Å². The maximum Gasteiger partial charge on any atom is 0.227 e. The predicted molar refractivity (Wildman–Crippen MR) is 99.0 cm³/mol. The Labute approximate surface area is 145 Å². The second-order valence-electron chi connectivity index (χ2n) is 5.76. The standard InChI is InChI=1S/C18H18FN3OS/c1-12-4-2-5-13(10-12)20-18(24)21-14-7-8-15(19)16(11-14)22-9-3-6-17(22)23/h2,4-5,7-8,10-11H,3,6,9H2,1H3,(H2,20,21,24). The highest BCUT2D eigenvalue weighted by Gasteiger charge is 2.24. The van der Waals surface area contributed by atoms with Gasteiger partial charge in [-0.05, 0) is 61.5 Å². The van der Waals surface area contributed by atoms with Crippen LogP contribution in [0.4, 0.5) is 21.5 Å². The molecule has 1 fully saturated rings. The molecule has 3 rings (SSSR count). The quantitative estimate of drug-likeness (QED) is 0.825. The molecular formula is C18H18FN3OS. The molecule has 124 valence electrons. The van der Waals surface area contributed by atoms with Crippen LogP contribution in [0.15, 0.2) is 42.5 Å². The number of nitrogens with one attached hydrogen (secondary N) is 2.